The molecule has 2 aromatic carbocycles. The zero-order chi connectivity index (χ0) is 21.8. The number of hydrogen-bond acceptors (Lipinski definition) is 5. The lowest BCUT2D eigenvalue weighted by Crippen LogP contribution is -2.40. The first-order valence-corrected chi connectivity index (χ1v) is 10.9. The van der Waals surface area contributed by atoms with Gasteiger partial charge < -0.3 is 15.0 Å². The van der Waals surface area contributed by atoms with Crippen molar-refractivity contribution < 1.29 is 9.53 Å². The van der Waals surface area contributed by atoms with Crippen LogP contribution in [0, 0.1) is 5.92 Å². The van der Waals surface area contributed by atoms with Gasteiger partial charge in [-0.15, -0.1) is 0 Å². The van der Waals surface area contributed by atoms with Crippen LogP contribution in [0.4, 0.5) is 10.7 Å². The highest BCUT2D eigenvalue weighted by Crippen LogP contribution is 2.28. The van der Waals surface area contributed by atoms with Crippen molar-refractivity contribution in [3.05, 3.63) is 54.7 Å². The Morgan fingerprint density at radius 3 is 2.61 bits per heavy atom. The number of hydrogen-bond donors (Lipinski definition) is 1. The number of alkyl carbamates (subject to hydrolysis) is 1. The highest BCUT2D eigenvalue weighted by Gasteiger charge is 2.23. The molecule has 1 fully saturated rings. The fourth-order valence-electron chi connectivity index (χ4n) is 3.98. The van der Waals surface area contributed by atoms with Crippen LogP contribution in [0.2, 0.25) is 0 Å². The SMILES string of the molecule is CC(C)(C)OC(=O)NCC1CCN(c2nccc(-c3cccc4ccccc34)n2)CC1. The molecule has 0 radical (unpaired) electrons. The Labute approximate surface area is 183 Å². The zero-order valence-corrected chi connectivity index (χ0v) is 18.5. The van der Waals surface area contributed by atoms with Gasteiger partial charge in [0.15, 0.2) is 0 Å². The van der Waals surface area contributed by atoms with Gasteiger partial charge in [0, 0.05) is 31.4 Å². The molecule has 0 aliphatic carbocycles. The molecule has 2 heterocycles. The molecular weight excluding hydrogens is 388 g/mol. The number of carbonyl (C=O) groups is 1. The smallest absolute Gasteiger partial charge is 0.407 e. The number of nitrogens with one attached hydrogen (secondary N) is 1. The van der Waals surface area contributed by atoms with Crippen molar-refractivity contribution in [1.82, 2.24) is 15.3 Å². The maximum Gasteiger partial charge on any atom is 0.407 e. The fourth-order valence-corrected chi connectivity index (χ4v) is 3.98. The van der Waals surface area contributed by atoms with Crippen LogP contribution in [0.1, 0.15) is 33.6 Å². The molecule has 0 spiro atoms. The first-order valence-electron chi connectivity index (χ1n) is 10.9. The van der Waals surface area contributed by atoms with Crippen LogP contribution in [0.5, 0.6) is 0 Å². The van der Waals surface area contributed by atoms with E-state index in [-0.39, 0.29) is 6.09 Å². The molecule has 3 aromatic rings. The molecule has 0 atom stereocenters. The molecule has 1 amide bonds. The Morgan fingerprint density at radius 2 is 1.84 bits per heavy atom. The summed E-state index contributed by atoms with van der Waals surface area (Å²) in [5.74, 6) is 1.20. The predicted molar refractivity (Wildman–Crippen MR) is 124 cm³/mol. The van der Waals surface area contributed by atoms with Gasteiger partial charge in [-0.2, -0.15) is 0 Å². The number of amides is 1. The minimum atomic E-state index is -0.472. The second-order valence-electron chi connectivity index (χ2n) is 9.08. The molecule has 1 aliphatic heterocycles. The summed E-state index contributed by atoms with van der Waals surface area (Å²) >= 11 is 0. The number of fused-ring (bicyclic) bond motifs is 1. The maximum atomic E-state index is 11.9. The Bertz CT molecular complexity index is 1050. The Balaban J connectivity index is 1.39. The van der Waals surface area contributed by atoms with Crippen LogP contribution in [-0.4, -0.2) is 41.3 Å². The average Bonchev–Trinajstić information content (AvgIpc) is 2.77. The number of rotatable bonds is 4. The number of benzene rings is 2. The topological polar surface area (TPSA) is 67.3 Å². The van der Waals surface area contributed by atoms with Gasteiger partial charge in [0.2, 0.25) is 5.95 Å². The first kappa shape index (κ1) is 21.1. The first-order chi connectivity index (χ1) is 14.9. The number of aromatic nitrogens is 2. The highest BCUT2D eigenvalue weighted by molar-refractivity contribution is 5.95. The molecule has 0 saturated carbocycles. The van der Waals surface area contributed by atoms with Crippen LogP contribution in [0.15, 0.2) is 54.7 Å². The summed E-state index contributed by atoms with van der Waals surface area (Å²) in [6, 6.07) is 16.7. The van der Waals surface area contributed by atoms with E-state index in [1.807, 2.05) is 33.0 Å². The summed E-state index contributed by atoms with van der Waals surface area (Å²) in [5.41, 5.74) is 1.59. The maximum absolute atomic E-state index is 11.9. The lowest BCUT2D eigenvalue weighted by atomic mass is 9.97. The van der Waals surface area contributed by atoms with Crippen LogP contribution in [0.25, 0.3) is 22.0 Å². The molecular formula is C25H30N4O2. The second-order valence-corrected chi connectivity index (χ2v) is 9.08. The van der Waals surface area contributed by atoms with Crippen molar-refractivity contribution in [2.45, 2.75) is 39.2 Å². The molecule has 6 nitrogen and oxygen atoms in total. The van der Waals surface area contributed by atoms with Gasteiger partial charge in [0.25, 0.3) is 0 Å². The van der Waals surface area contributed by atoms with E-state index >= 15 is 0 Å². The molecule has 1 aromatic heterocycles. The van der Waals surface area contributed by atoms with Gasteiger partial charge in [-0.3, -0.25) is 0 Å². The fraction of sp³-hybridized carbons (Fsp3) is 0.400. The summed E-state index contributed by atoms with van der Waals surface area (Å²) < 4.78 is 5.32. The molecule has 6 heteroatoms. The zero-order valence-electron chi connectivity index (χ0n) is 18.5. The van der Waals surface area contributed by atoms with Gasteiger partial charge >= 0.3 is 6.09 Å². The Kier molecular flexibility index (Phi) is 6.07. The quantitative estimate of drug-likeness (QED) is 0.643. The average molecular weight is 419 g/mol. The Hall–Kier alpha value is -3.15. The standard InChI is InChI=1S/C25H30N4O2/c1-25(2,3)31-24(30)27-17-18-12-15-29(16-13-18)23-26-14-11-22(28-23)21-10-6-8-19-7-4-5-9-20(19)21/h4-11,14,18H,12-13,15-17H2,1-3H3,(H,27,30). The van der Waals surface area contributed by atoms with Crippen molar-refractivity contribution in [3.63, 3.8) is 0 Å². The van der Waals surface area contributed by atoms with Crippen LogP contribution in [0.3, 0.4) is 0 Å². The number of nitrogens with zero attached hydrogens (tertiary/aromatic N) is 3. The van der Waals surface area contributed by atoms with E-state index in [1.54, 1.807) is 0 Å². The van der Waals surface area contributed by atoms with E-state index in [2.05, 4.69) is 57.7 Å². The molecule has 1 aliphatic rings. The van der Waals surface area contributed by atoms with Gasteiger partial charge in [0.05, 0.1) is 5.69 Å². The minimum absolute atomic E-state index is 0.346. The van der Waals surface area contributed by atoms with Gasteiger partial charge in [-0.05, 0) is 56.4 Å². The number of carbonyl (C=O) groups excluding carboxylic acids is 1. The molecule has 1 saturated heterocycles. The van der Waals surface area contributed by atoms with E-state index < -0.39 is 5.60 Å². The van der Waals surface area contributed by atoms with E-state index in [1.165, 1.54) is 10.8 Å². The summed E-state index contributed by atoms with van der Waals surface area (Å²) in [7, 11) is 0. The summed E-state index contributed by atoms with van der Waals surface area (Å²) in [6.07, 6.45) is 3.46. The predicted octanol–water partition coefficient (Wildman–Crippen LogP) is 5.04. The third-order valence-electron chi connectivity index (χ3n) is 5.54. The van der Waals surface area contributed by atoms with Gasteiger partial charge in [-0.1, -0.05) is 42.5 Å². The highest BCUT2D eigenvalue weighted by atomic mass is 16.6. The van der Waals surface area contributed by atoms with Gasteiger partial charge in [-0.25, -0.2) is 14.8 Å². The van der Waals surface area contributed by atoms with E-state index in [0.29, 0.717) is 12.5 Å². The number of anilines is 1. The number of piperidine rings is 1. The van der Waals surface area contributed by atoms with Gasteiger partial charge in [0.1, 0.15) is 5.60 Å². The van der Waals surface area contributed by atoms with Crippen LogP contribution in [-0.2, 0) is 4.74 Å². The minimum Gasteiger partial charge on any atom is -0.444 e. The van der Waals surface area contributed by atoms with Crippen LogP contribution < -0.4 is 10.2 Å². The number of ether oxygens (including phenoxy) is 1. The summed E-state index contributed by atoms with van der Waals surface area (Å²) in [4.78, 5) is 23.5. The lowest BCUT2D eigenvalue weighted by Gasteiger charge is -2.32. The van der Waals surface area contributed by atoms with Crippen molar-refractivity contribution in [1.29, 1.82) is 0 Å². The normalized spacial score (nSPS) is 15.1. The van der Waals surface area contributed by atoms with Crippen molar-refractivity contribution in [3.8, 4) is 11.3 Å². The largest absolute Gasteiger partial charge is 0.444 e. The molecule has 4 rings (SSSR count). The van der Waals surface area contributed by atoms with E-state index in [9.17, 15) is 4.79 Å². The molecule has 162 valence electrons. The lowest BCUT2D eigenvalue weighted by molar-refractivity contribution is 0.0516. The summed E-state index contributed by atoms with van der Waals surface area (Å²) in [6.45, 7) is 8.01. The Morgan fingerprint density at radius 1 is 1.10 bits per heavy atom. The molecule has 0 bridgehead atoms. The third-order valence-corrected chi connectivity index (χ3v) is 5.54. The molecule has 1 N–H and O–H groups in total. The van der Waals surface area contributed by atoms with Crippen molar-refractivity contribution in [2.75, 3.05) is 24.5 Å². The van der Waals surface area contributed by atoms with Crippen LogP contribution >= 0.6 is 0 Å². The van der Waals surface area contributed by atoms with Crippen molar-refractivity contribution >= 4 is 22.8 Å². The molecule has 0 unspecified atom stereocenters. The molecule has 31 heavy (non-hydrogen) atoms. The third kappa shape index (κ3) is 5.32. The van der Waals surface area contributed by atoms with Crippen molar-refractivity contribution in [2.24, 2.45) is 5.92 Å². The van der Waals surface area contributed by atoms with E-state index in [4.69, 9.17) is 9.72 Å². The second kappa shape index (κ2) is 8.92. The monoisotopic (exact) mass is 418 g/mol. The summed E-state index contributed by atoms with van der Waals surface area (Å²) in [5, 5.41) is 5.30. The van der Waals surface area contributed by atoms with E-state index in [0.717, 1.165) is 43.1 Å².